The van der Waals surface area contributed by atoms with Crippen LogP contribution in [0.4, 0.5) is 14.6 Å². The van der Waals surface area contributed by atoms with Crippen molar-refractivity contribution in [2.45, 2.75) is 45.0 Å². The molecule has 192 valence electrons. The van der Waals surface area contributed by atoms with Gasteiger partial charge >= 0.3 is 12.3 Å². The smallest absolute Gasteiger partial charge is 0.492 e. The lowest BCUT2D eigenvalue weighted by molar-refractivity contribution is -0.286. The maximum atomic E-state index is 13.5. The Morgan fingerprint density at radius 1 is 1.00 bits per heavy atom. The summed E-state index contributed by atoms with van der Waals surface area (Å²) in [5, 5.41) is 2.79. The van der Waals surface area contributed by atoms with Gasteiger partial charge < -0.3 is 24.3 Å². The highest BCUT2D eigenvalue weighted by Gasteiger charge is 2.49. The van der Waals surface area contributed by atoms with Crippen LogP contribution in [0.25, 0.3) is 11.3 Å². The highest BCUT2D eigenvalue weighted by Crippen LogP contribution is 2.50. The van der Waals surface area contributed by atoms with E-state index in [4.69, 9.17) is 9.47 Å². The van der Waals surface area contributed by atoms with Gasteiger partial charge in [0.2, 0.25) is 5.91 Å². The van der Waals surface area contributed by atoms with E-state index >= 15 is 0 Å². The number of benzene rings is 2. The number of rotatable bonds is 4. The molecule has 0 saturated carbocycles. The van der Waals surface area contributed by atoms with E-state index in [0.717, 1.165) is 0 Å². The molecule has 1 atom stereocenters. The molecule has 8 nitrogen and oxygen atoms in total. The van der Waals surface area contributed by atoms with Gasteiger partial charge in [-0.1, -0.05) is 18.2 Å². The van der Waals surface area contributed by atoms with Crippen molar-refractivity contribution < 1.29 is 37.3 Å². The van der Waals surface area contributed by atoms with Crippen molar-refractivity contribution in [3.8, 4) is 28.5 Å². The molecule has 10 heteroatoms. The van der Waals surface area contributed by atoms with E-state index in [9.17, 15) is 18.4 Å². The molecule has 37 heavy (non-hydrogen) atoms. The molecule has 0 fully saturated rings. The molecule has 0 aliphatic carbocycles. The third-order valence-corrected chi connectivity index (χ3v) is 5.90. The average molecular weight is 510 g/mol. The summed E-state index contributed by atoms with van der Waals surface area (Å²) in [6.07, 6.45) is -3.78. The van der Waals surface area contributed by atoms with Crippen molar-refractivity contribution in [2.75, 3.05) is 11.9 Å². The van der Waals surface area contributed by atoms with Crippen LogP contribution in [-0.4, -0.2) is 35.4 Å². The number of aromatic nitrogens is 1. The van der Waals surface area contributed by atoms with E-state index in [1.165, 1.54) is 12.1 Å². The largest absolute Gasteiger partial charge is 0.586 e. The van der Waals surface area contributed by atoms with Gasteiger partial charge in [0.05, 0.1) is 11.3 Å². The number of hydrogen-bond acceptors (Lipinski definition) is 7. The van der Waals surface area contributed by atoms with E-state index in [0.29, 0.717) is 22.4 Å². The van der Waals surface area contributed by atoms with Crippen molar-refractivity contribution in [3.63, 3.8) is 0 Å². The van der Waals surface area contributed by atoms with Gasteiger partial charge in [-0.25, -0.2) is 9.78 Å². The first kappa shape index (κ1) is 24.5. The number of esters is 1. The third kappa shape index (κ3) is 4.78. The van der Waals surface area contributed by atoms with Crippen molar-refractivity contribution >= 4 is 17.7 Å². The summed E-state index contributed by atoms with van der Waals surface area (Å²) in [6.45, 7) is 7.01. The van der Waals surface area contributed by atoms with E-state index in [2.05, 4.69) is 19.8 Å². The van der Waals surface area contributed by atoms with Gasteiger partial charge in [0, 0.05) is 17.2 Å². The molecular formula is C27H24F2N2O6. The van der Waals surface area contributed by atoms with E-state index in [1.807, 2.05) is 0 Å². The molecule has 1 amide bonds. The summed E-state index contributed by atoms with van der Waals surface area (Å²) in [5.74, 6) is -0.686. The molecule has 0 radical (unpaired) electrons. The average Bonchev–Trinajstić information content (AvgIpc) is 3.31. The zero-order valence-electron chi connectivity index (χ0n) is 20.6. The van der Waals surface area contributed by atoms with E-state index < -0.39 is 29.2 Å². The molecule has 0 spiro atoms. The Labute approximate surface area is 211 Å². The molecule has 0 unspecified atom stereocenters. The van der Waals surface area contributed by atoms with Crippen LogP contribution >= 0.6 is 0 Å². The van der Waals surface area contributed by atoms with Gasteiger partial charge in [-0.15, -0.1) is 8.78 Å². The summed E-state index contributed by atoms with van der Waals surface area (Å²) in [7, 11) is 0. The number of carbonyl (C=O) groups excluding carboxylic acids is 2. The van der Waals surface area contributed by atoms with Crippen LogP contribution < -0.4 is 19.5 Å². The number of anilines is 1. The summed E-state index contributed by atoms with van der Waals surface area (Å²) in [5.41, 5.74) is 0.135. The lowest BCUT2D eigenvalue weighted by Crippen LogP contribution is -2.39. The first-order chi connectivity index (χ1) is 17.3. The monoisotopic (exact) mass is 510 g/mol. The fraction of sp³-hybridized carbons (Fsp3) is 0.296. The van der Waals surface area contributed by atoms with Crippen LogP contribution in [0.3, 0.4) is 0 Å². The van der Waals surface area contributed by atoms with Gasteiger partial charge in [-0.05, 0) is 58.0 Å². The zero-order chi connectivity index (χ0) is 26.6. The maximum Gasteiger partial charge on any atom is 0.586 e. The summed E-state index contributed by atoms with van der Waals surface area (Å²) in [4.78, 5) is 30.3. The number of nitrogens with one attached hydrogen (secondary N) is 1. The Hall–Kier alpha value is -4.21. The van der Waals surface area contributed by atoms with Gasteiger partial charge in [0.15, 0.2) is 11.5 Å². The molecule has 3 heterocycles. The first-order valence-corrected chi connectivity index (χ1v) is 11.5. The Morgan fingerprint density at radius 3 is 2.43 bits per heavy atom. The number of pyridine rings is 1. The molecule has 2 aliphatic heterocycles. The number of amides is 1. The van der Waals surface area contributed by atoms with Gasteiger partial charge in [0.25, 0.3) is 0 Å². The number of alkyl halides is 2. The quantitative estimate of drug-likeness (QED) is 0.475. The number of fused-ring (bicyclic) bond motifs is 2. The van der Waals surface area contributed by atoms with Gasteiger partial charge in [-0.3, -0.25) is 4.79 Å². The Morgan fingerprint density at radius 2 is 1.70 bits per heavy atom. The van der Waals surface area contributed by atoms with Crippen molar-refractivity contribution in [3.05, 3.63) is 65.7 Å². The normalized spacial score (nSPS) is 19.1. The minimum Gasteiger partial charge on any atom is -0.492 e. The molecule has 5 rings (SSSR count). The van der Waals surface area contributed by atoms with E-state index in [-0.39, 0.29) is 29.7 Å². The second kappa shape index (κ2) is 8.43. The fourth-order valence-electron chi connectivity index (χ4n) is 4.08. The summed E-state index contributed by atoms with van der Waals surface area (Å²) < 4.78 is 47.0. The van der Waals surface area contributed by atoms with Gasteiger partial charge in [0.1, 0.15) is 29.2 Å². The highest BCUT2D eigenvalue weighted by atomic mass is 19.3. The number of carbonyl (C=O) groups is 2. The van der Waals surface area contributed by atoms with Crippen LogP contribution in [0.15, 0.2) is 54.6 Å². The Kier molecular flexibility index (Phi) is 5.58. The predicted octanol–water partition coefficient (Wildman–Crippen LogP) is 5.31. The molecule has 2 aliphatic rings. The number of hydrogen-bond donors (Lipinski definition) is 1. The van der Waals surface area contributed by atoms with Gasteiger partial charge in [-0.2, -0.15) is 0 Å². The maximum absolute atomic E-state index is 13.5. The summed E-state index contributed by atoms with van der Waals surface area (Å²) in [6, 6.07) is 14.6. The molecule has 1 N–H and O–H groups in total. The lowest BCUT2D eigenvalue weighted by atomic mass is 9.83. The Bertz CT molecular complexity index is 1420. The number of ether oxygens (including phenoxy) is 4. The minimum absolute atomic E-state index is 0.00885. The second-order valence-electron chi connectivity index (χ2n) is 10.0. The van der Waals surface area contributed by atoms with Crippen LogP contribution in [0.2, 0.25) is 0 Å². The standard InChI is InChI=1S/C27H24F2N2O6/c1-25(2,3)37-23(32)16-8-5-7-15(11-16)18-9-6-10-22(30-18)31-24(33)26(4)14-34-19-13-21-20(12-17(19)26)35-27(28,29)36-21/h5-13H,14H2,1-4H3,(H,30,31,33)/t26-/m0/s1. The second-order valence-corrected chi connectivity index (χ2v) is 10.0. The van der Waals surface area contributed by atoms with Crippen molar-refractivity contribution in [1.29, 1.82) is 0 Å². The molecule has 0 saturated heterocycles. The third-order valence-electron chi connectivity index (χ3n) is 5.90. The first-order valence-electron chi connectivity index (χ1n) is 11.5. The molecule has 1 aromatic heterocycles. The van der Waals surface area contributed by atoms with Crippen LogP contribution in [0.1, 0.15) is 43.6 Å². The molecule has 0 bridgehead atoms. The van der Waals surface area contributed by atoms with E-state index in [1.54, 1.807) is 70.2 Å². The number of halogens is 2. The highest BCUT2D eigenvalue weighted by molar-refractivity contribution is 6.00. The lowest BCUT2D eigenvalue weighted by Gasteiger charge is -2.21. The molecule has 2 aromatic carbocycles. The SMILES string of the molecule is CC(C)(C)OC(=O)c1cccc(-c2cccc(NC(=O)[C@@]3(C)COc4cc5c(cc43)OC(F)(F)O5)n2)c1. The van der Waals surface area contributed by atoms with Crippen LogP contribution in [0, 0.1) is 0 Å². The topological polar surface area (TPSA) is 96.0 Å². The van der Waals surface area contributed by atoms with Crippen molar-refractivity contribution in [1.82, 2.24) is 4.98 Å². The Balaban J connectivity index is 1.37. The van der Waals surface area contributed by atoms with Crippen LogP contribution in [0.5, 0.6) is 17.2 Å². The molecule has 3 aromatic rings. The molecular weight excluding hydrogens is 486 g/mol. The van der Waals surface area contributed by atoms with Crippen LogP contribution in [-0.2, 0) is 14.9 Å². The fourth-order valence-corrected chi connectivity index (χ4v) is 4.08. The zero-order valence-corrected chi connectivity index (χ0v) is 20.6. The van der Waals surface area contributed by atoms with Crippen molar-refractivity contribution in [2.24, 2.45) is 0 Å². The number of nitrogens with zero attached hydrogens (tertiary/aromatic N) is 1. The minimum atomic E-state index is -3.78. The summed E-state index contributed by atoms with van der Waals surface area (Å²) >= 11 is 0. The predicted molar refractivity (Wildman–Crippen MR) is 129 cm³/mol.